The van der Waals surface area contributed by atoms with Crippen molar-refractivity contribution in [3.63, 3.8) is 0 Å². The molecule has 4 nitrogen and oxygen atoms in total. The van der Waals surface area contributed by atoms with Crippen LogP contribution in [0.1, 0.15) is 18.1 Å². The van der Waals surface area contributed by atoms with Gasteiger partial charge in [-0.15, -0.1) is 0 Å². The van der Waals surface area contributed by atoms with E-state index in [4.69, 9.17) is 4.74 Å². The second-order valence-electron chi connectivity index (χ2n) is 6.13. The molecule has 0 bridgehead atoms. The Balaban J connectivity index is 2.16. The molecule has 0 N–H and O–H groups in total. The predicted octanol–water partition coefficient (Wildman–Crippen LogP) is 3.39. The fourth-order valence-electron chi connectivity index (χ4n) is 3.08. The molecular weight excluding hydrogens is 310 g/mol. The van der Waals surface area contributed by atoms with Gasteiger partial charge in [-0.1, -0.05) is 31.2 Å². The van der Waals surface area contributed by atoms with E-state index >= 15 is 0 Å². The molecule has 0 radical (unpaired) electrons. The number of rotatable bonds is 3. The summed E-state index contributed by atoms with van der Waals surface area (Å²) in [4.78, 5) is 0.226. The second-order valence-corrected chi connectivity index (χ2v) is 7.96. The number of hydrogen-bond acceptors (Lipinski definition) is 3. The molecule has 1 aliphatic rings. The second kappa shape index (κ2) is 5.89. The lowest BCUT2D eigenvalue weighted by Gasteiger charge is -2.34. The quantitative estimate of drug-likeness (QED) is 0.866. The van der Waals surface area contributed by atoms with Gasteiger partial charge in [0.15, 0.2) is 0 Å². The minimum atomic E-state index is -3.67. The Morgan fingerprint density at radius 1 is 1.17 bits per heavy atom. The number of para-hydroxylation sites is 1. The van der Waals surface area contributed by atoms with Gasteiger partial charge in [-0.2, -0.15) is 0 Å². The van der Waals surface area contributed by atoms with E-state index in [1.54, 1.807) is 12.1 Å². The van der Waals surface area contributed by atoms with Crippen molar-refractivity contribution in [3.8, 4) is 5.75 Å². The molecule has 0 aliphatic carbocycles. The first-order valence-corrected chi connectivity index (χ1v) is 9.13. The molecule has 1 heterocycles. The molecule has 0 saturated heterocycles. The molecule has 2 aromatic rings. The SMILES string of the molecule is COc1ccc(C)cc1S(=O)(=O)N1CC(C)Cc2ccccc21. The molecular formula is C18H21NO3S. The number of aryl methyl sites for hydroxylation is 1. The number of nitrogens with zero attached hydrogens (tertiary/aromatic N) is 1. The Labute approximate surface area is 137 Å². The minimum Gasteiger partial charge on any atom is -0.495 e. The van der Waals surface area contributed by atoms with Crippen molar-refractivity contribution < 1.29 is 13.2 Å². The number of hydrogen-bond donors (Lipinski definition) is 0. The van der Waals surface area contributed by atoms with Gasteiger partial charge >= 0.3 is 0 Å². The highest BCUT2D eigenvalue weighted by Crippen LogP contribution is 2.36. The maximum atomic E-state index is 13.3. The van der Waals surface area contributed by atoms with Gasteiger partial charge in [0, 0.05) is 6.54 Å². The van der Waals surface area contributed by atoms with E-state index in [-0.39, 0.29) is 10.8 Å². The van der Waals surface area contributed by atoms with Crippen molar-refractivity contribution in [1.82, 2.24) is 0 Å². The zero-order valence-electron chi connectivity index (χ0n) is 13.6. The van der Waals surface area contributed by atoms with Gasteiger partial charge in [-0.3, -0.25) is 4.31 Å². The third-order valence-corrected chi connectivity index (χ3v) is 5.99. The van der Waals surface area contributed by atoms with Crippen LogP contribution in [0, 0.1) is 12.8 Å². The van der Waals surface area contributed by atoms with Crippen LogP contribution in [-0.2, 0) is 16.4 Å². The Hall–Kier alpha value is -2.01. The highest BCUT2D eigenvalue weighted by molar-refractivity contribution is 7.93. The van der Waals surface area contributed by atoms with Gasteiger partial charge in [0.2, 0.25) is 0 Å². The molecule has 0 saturated carbocycles. The summed E-state index contributed by atoms with van der Waals surface area (Å²) in [6, 6.07) is 12.9. The van der Waals surface area contributed by atoms with Crippen LogP contribution in [0.15, 0.2) is 47.4 Å². The van der Waals surface area contributed by atoms with Gasteiger partial charge in [-0.25, -0.2) is 8.42 Å². The van der Waals surface area contributed by atoms with E-state index < -0.39 is 10.0 Å². The number of ether oxygens (including phenoxy) is 1. The highest BCUT2D eigenvalue weighted by Gasteiger charge is 2.33. The first kappa shape index (κ1) is 15.9. The average Bonchev–Trinajstić information content (AvgIpc) is 2.54. The molecule has 3 rings (SSSR count). The van der Waals surface area contributed by atoms with Crippen molar-refractivity contribution >= 4 is 15.7 Å². The van der Waals surface area contributed by atoms with Crippen molar-refractivity contribution in [1.29, 1.82) is 0 Å². The number of sulfonamides is 1. The van der Waals surface area contributed by atoms with E-state index in [0.29, 0.717) is 12.3 Å². The Morgan fingerprint density at radius 2 is 1.91 bits per heavy atom. The van der Waals surface area contributed by atoms with E-state index in [1.807, 2.05) is 37.3 Å². The average molecular weight is 331 g/mol. The Morgan fingerprint density at radius 3 is 2.65 bits per heavy atom. The molecule has 0 spiro atoms. The number of benzene rings is 2. The lowest BCUT2D eigenvalue weighted by Crippen LogP contribution is -2.39. The highest BCUT2D eigenvalue weighted by atomic mass is 32.2. The molecule has 23 heavy (non-hydrogen) atoms. The number of anilines is 1. The van der Waals surface area contributed by atoms with Crippen molar-refractivity contribution in [2.75, 3.05) is 18.0 Å². The molecule has 1 aliphatic heterocycles. The van der Waals surface area contributed by atoms with Gasteiger partial charge in [0.05, 0.1) is 12.8 Å². The summed E-state index contributed by atoms with van der Waals surface area (Å²) in [5.74, 6) is 0.654. The monoisotopic (exact) mass is 331 g/mol. The van der Waals surface area contributed by atoms with Crippen molar-refractivity contribution in [2.24, 2.45) is 5.92 Å². The third kappa shape index (κ3) is 2.81. The summed E-state index contributed by atoms with van der Waals surface area (Å²) in [7, 11) is -2.17. The Bertz CT molecular complexity index is 830. The van der Waals surface area contributed by atoms with Crippen molar-refractivity contribution in [2.45, 2.75) is 25.2 Å². The van der Waals surface area contributed by atoms with Crippen LogP contribution in [0.2, 0.25) is 0 Å². The minimum absolute atomic E-state index is 0.226. The maximum Gasteiger partial charge on any atom is 0.268 e. The normalized spacial score (nSPS) is 17.7. The maximum absolute atomic E-state index is 13.3. The van der Waals surface area contributed by atoms with E-state index in [2.05, 4.69) is 6.92 Å². The summed E-state index contributed by atoms with van der Waals surface area (Å²) in [6.45, 7) is 4.44. The molecule has 1 unspecified atom stereocenters. The zero-order valence-corrected chi connectivity index (χ0v) is 14.4. The standard InChI is InChI=1S/C18H21NO3S/c1-13-8-9-17(22-3)18(11-13)23(20,21)19-12-14(2)10-15-6-4-5-7-16(15)19/h4-9,11,14H,10,12H2,1-3H3. The van der Waals surface area contributed by atoms with Gasteiger partial charge in [0.25, 0.3) is 10.0 Å². The van der Waals surface area contributed by atoms with Crippen LogP contribution in [0.5, 0.6) is 5.75 Å². The van der Waals surface area contributed by atoms with Crippen LogP contribution in [0.4, 0.5) is 5.69 Å². The molecule has 0 fully saturated rings. The number of fused-ring (bicyclic) bond motifs is 1. The first-order valence-electron chi connectivity index (χ1n) is 7.69. The van der Waals surface area contributed by atoms with Crippen LogP contribution in [-0.4, -0.2) is 22.1 Å². The molecule has 0 aromatic heterocycles. The summed E-state index contributed by atoms with van der Waals surface area (Å²) in [6.07, 6.45) is 0.896. The smallest absolute Gasteiger partial charge is 0.268 e. The van der Waals surface area contributed by atoms with Crippen LogP contribution in [0.3, 0.4) is 0 Å². The van der Waals surface area contributed by atoms with E-state index in [1.165, 1.54) is 11.4 Å². The molecule has 2 aromatic carbocycles. The van der Waals surface area contributed by atoms with Gasteiger partial charge in [-0.05, 0) is 48.6 Å². The molecule has 1 atom stereocenters. The largest absolute Gasteiger partial charge is 0.495 e. The summed E-state index contributed by atoms with van der Waals surface area (Å²) < 4.78 is 33.4. The first-order chi connectivity index (χ1) is 10.9. The lowest BCUT2D eigenvalue weighted by atomic mass is 9.96. The Kier molecular flexibility index (Phi) is 4.06. The molecule has 0 amide bonds. The summed E-state index contributed by atoms with van der Waals surface area (Å²) in [5, 5.41) is 0. The summed E-state index contributed by atoms with van der Waals surface area (Å²) >= 11 is 0. The number of methoxy groups -OCH3 is 1. The summed E-state index contributed by atoms with van der Waals surface area (Å²) in [5.41, 5.74) is 2.73. The third-order valence-electron chi connectivity index (χ3n) is 4.19. The van der Waals surface area contributed by atoms with E-state index in [9.17, 15) is 8.42 Å². The van der Waals surface area contributed by atoms with Crippen LogP contribution in [0.25, 0.3) is 0 Å². The van der Waals surface area contributed by atoms with Gasteiger partial charge in [0.1, 0.15) is 10.6 Å². The fraction of sp³-hybridized carbons (Fsp3) is 0.333. The van der Waals surface area contributed by atoms with Crippen molar-refractivity contribution in [3.05, 3.63) is 53.6 Å². The topological polar surface area (TPSA) is 46.6 Å². The van der Waals surface area contributed by atoms with Crippen LogP contribution < -0.4 is 9.04 Å². The lowest BCUT2D eigenvalue weighted by molar-refractivity contribution is 0.402. The van der Waals surface area contributed by atoms with E-state index in [0.717, 1.165) is 23.2 Å². The van der Waals surface area contributed by atoms with Gasteiger partial charge < -0.3 is 4.74 Å². The zero-order chi connectivity index (χ0) is 16.6. The van der Waals surface area contributed by atoms with Crippen LogP contribution >= 0.6 is 0 Å². The predicted molar refractivity (Wildman–Crippen MR) is 91.6 cm³/mol. The molecule has 5 heteroatoms. The fourth-order valence-corrected chi connectivity index (χ4v) is 4.95. The molecule has 122 valence electrons.